The van der Waals surface area contributed by atoms with Crippen LogP contribution in [0.4, 0.5) is 0 Å². The van der Waals surface area contributed by atoms with Crippen LogP contribution in [0.15, 0.2) is 42.5 Å². The van der Waals surface area contributed by atoms with Crippen molar-refractivity contribution in [3.05, 3.63) is 42.5 Å². The summed E-state index contributed by atoms with van der Waals surface area (Å²) in [5, 5.41) is 12.6. The van der Waals surface area contributed by atoms with E-state index in [4.69, 9.17) is 4.74 Å². The second kappa shape index (κ2) is 7.61. The number of benzene rings is 2. The smallest absolute Gasteiger partial charge is 0.120 e. The van der Waals surface area contributed by atoms with Gasteiger partial charge < -0.3 is 14.7 Å². The highest BCUT2D eigenvalue weighted by Gasteiger charge is 2.14. The molecule has 0 radical (unpaired) electrons. The molecule has 0 aromatic heterocycles. The highest BCUT2D eigenvalue weighted by atomic mass is 16.5. The Bertz CT molecular complexity index is 591. The van der Waals surface area contributed by atoms with Gasteiger partial charge in [-0.05, 0) is 48.8 Å². The molecule has 0 amide bonds. The highest BCUT2D eigenvalue weighted by Crippen LogP contribution is 2.20. The number of fused-ring (bicyclic) bond motifs is 1. The number of rotatable bonds is 5. The minimum atomic E-state index is -0.426. The minimum absolute atomic E-state index is 0.356. The number of hydrogen-bond acceptors (Lipinski definition) is 3. The summed E-state index contributed by atoms with van der Waals surface area (Å²) >= 11 is 0. The van der Waals surface area contributed by atoms with Crippen LogP contribution in [0.1, 0.15) is 25.7 Å². The van der Waals surface area contributed by atoms with Crippen LogP contribution in [-0.4, -0.2) is 42.4 Å². The highest BCUT2D eigenvalue weighted by molar-refractivity contribution is 5.83. The van der Waals surface area contributed by atoms with E-state index in [1.807, 2.05) is 24.3 Å². The summed E-state index contributed by atoms with van der Waals surface area (Å²) in [5.41, 5.74) is 0. The molecule has 0 bridgehead atoms. The molecule has 1 N–H and O–H groups in total. The van der Waals surface area contributed by atoms with Crippen molar-refractivity contribution in [1.29, 1.82) is 0 Å². The molecule has 1 unspecified atom stereocenters. The Morgan fingerprint density at radius 2 is 1.68 bits per heavy atom. The van der Waals surface area contributed by atoms with Crippen LogP contribution >= 0.6 is 0 Å². The Balaban J connectivity index is 1.51. The van der Waals surface area contributed by atoms with Gasteiger partial charge in [-0.15, -0.1) is 0 Å². The molecule has 1 heterocycles. The van der Waals surface area contributed by atoms with E-state index in [0.717, 1.165) is 18.8 Å². The maximum atomic E-state index is 10.2. The van der Waals surface area contributed by atoms with Crippen LogP contribution < -0.4 is 4.74 Å². The average molecular weight is 299 g/mol. The molecule has 118 valence electrons. The fraction of sp³-hybridized carbons (Fsp3) is 0.474. The van der Waals surface area contributed by atoms with Crippen LogP contribution in [0.3, 0.4) is 0 Å². The lowest BCUT2D eigenvalue weighted by Gasteiger charge is -2.23. The number of aliphatic hydroxyl groups excluding tert-OH is 1. The molecule has 1 aliphatic heterocycles. The van der Waals surface area contributed by atoms with Crippen molar-refractivity contribution in [2.75, 3.05) is 26.2 Å². The Morgan fingerprint density at radius 1 is 0.955 bits per heavy atom. The molecule has 1 atom stereocenters. The minimum Gasteiger partial charge on any atom is -0.491 e. The number of nitrogens with zero attached hydrogens (tertiary/aromatic N) is 1. The monoisotopic (exact) mass is 299 g/mol. The summed E-state index contributed by atoms with van der Waals surface area (Å²) < 4.78 is 5.77. The molecule has 0 saturated carbocycles. The fourth-order valence-corrected chi connectivity index (χ4v) is 3.12. The lowest BCUT2D eigenvalue weighted by atomic mass is 10.1. The van der Waals surface area contributed by atoms with Gasteiger partial charge >= 0.3 is 0 Å². The maximum Gasteiger partial charge on any atom is 0.120 e. The van der Waals surface area contributed by atoms with Crippen LogP contribution in [-0.2, 0) is 0 Å². The molecule has 0 spiro atoms. The Hall–Kier alpha value is -1.58. The van der Waals surface area contributed by atoms with Gasteiger partial charge in [0.2, 0.25) is 0 Å². The van der Waals surface area contributed by atoms with Crippen molar-refractivity contribution in [3.63, 3.8) is 0 Å². The predicted molar refractivity (Wildman–Crippen MR) is 90.4 cm³/mol. The number of aliphatic hydroxyl groups is 1. The molecule has 2 aromatic rings. The van der Waals surface area contributed by atoms with E-state index >= 15 is 0 Å². The average Bonchev–Trinajstić information content (AvgIpc) is 2.81. The zero-order chi connectivity index (χ0) is 15.2. The Kier molecular flexibility index (Phi) is 5.30. The first-order valence-electron chi connectivity index (χ1n) is 8.33. The lowest BCUT2D eigenvalue weighted by Crippen LogP contribution is -2.36. The van der Waals surface area contributed by atoms with E-state index in [2.05, 4.69) is 23.1 Å². The van der Waals surface area contributed by atoms with Gasteiger partial charge in [-0.1, -0.05) is 43.2 Å². The largest absolute Gasteiger partial charge is 0.491 e. The SMILES string of the molecule is OC(COc1ccc2ccccc2c1)CN1CCCCCC1. The van der Waals surface area contributed by atoms with Gasteiger partial charge in [0.1, 0.15) is 18.5 Å². The molecule has 22 heavy (non-hydrogen) atoms. The third-order valence-corrected chi connectivity index (χ3v) is 4.33. The van der Waals surface area contributed by atoms with E-state index in [0.29, 0.717) is 13.2 Å². The summed E-state index contributed by atoms with van der Waals surface area (Å²) in [6.45, 7) is 3.28. The summed E-state index contributed by atoms with van der Waals surface area (Å²) in [5.74, 6) is 0.827. The maximum absolute atomic E-state index is 10.2. The first-order valence-corrected chi connectivity index (χ1v) is 8.33. The van der Waals surface area contributed by atoms with Gasteiger partial charge in [0.05, 0.1) is 0 Å². The van der Waals surface area contributed by atoms with Crippen LogP contribution in [0.2, 0.25) is 0 Å². The van der Waals surface area contributed by atoms with E-state index in [1.54, 1.807) is 0 Å². The van der Waals surface area contributed by atoms with Gasteiger partial charge in [0, 0.05) is 6.54 Å². The van der Waals surface area contributed by atoms with Crippen LogP contribution in [0.5, 0.6) is 5.75 Å². The van der Waals surface area contributed by atoms with E-state index in [9.17, 15) is 5.11 Å². The first-order chi connectivity index (χ1) is 10.8. The van der Waals surface area contributed by atoms with Crippen LogP contribution in [0.25, 0.3) is 10.8 Å². The van der Waals surface area contributed by atoms with Crippen molar-refractivity contribution >= 4 is 10.8 Å². The molecule has 3 rings (SSSR count). The summed E-state index contributed by atoms with van der Waals surface area (Å²) in [4.78, 5) is 2.36. The van der Waals surface area contributed by atoms with Crippen molar-refractivity contribution in [2.24, 2.45) is 0 Å². The molecular weight excluding hydrogens is 274 g/mol. The van der Waals surface area contributed by atoms with Crippen molar-refractivity contribution in [3.8, 4) is 5.75 Å². The normalized spacial score (nSPS) is 18.0. The molecule has 3 heteroatoms. The third kappa shape index (κ3) is 4.21. The fourth-order valence-electron chi connectivity index (χ4n) is 3.12. The van der Waals surface area contributed by atoms with Gasteiger partial charge in [0.25, 0.3) is 0 Å². The second-order valence-electron chi connectivity index (χ2n) is 6.19. The van der Waals surface area contributed by atoms with Crippen molar-refractivity contribution in [2.45, 2.75) is 31.8 Å². The summed E-state index contributed by atoms with van der Waals surface area (Å²) in [7, 11) is 0. The molecule has 2 aromatic carbocycles. The standard InChI is InChI=1S/C19H25NO2/c21-18(14-20-11-5-1-2-6-12-20)15-22-19-10-9-16-7-3-4-8-17(16)13-19/h3-4,7-10,13,18,21H,1-2,5-6,11-12,14-15H2. The number of ether oxygens (including phenoxy) is 1. The number of hydrogen-bond donors (Lipinski definition) is 1. The zero-order valence-electron chi connectivity index (χ0n) is 13.1. The van der Waals surface area contributed by atoms with Crippen molar-refractivity contribution in [1.82, 2.24) is 4.90 Å². The van der Waals surface area contributed by atoms with E-state index in [1.165, 1.54) is 36.5 Å². The number of β-amino-alcohol motifs (C(OH)–C–C–N with tert-alkyl or cyclic N) is 1. The Morgan fingerprint density at radius 3 is 2.45 bits per heavy atom. The van der Waals surface area contributed by atoms with Gasteiger partial charge in [-0.25, -0.2) is 0 Å². The van der Waals surface area contributed by atoms with Gasteiger partial charge in [-0.3, -0.25) is 0 Å². The van der Waals surface area contributed by atoms with E-state index in [-0.39, 0.29) is 0 Å². The molecule has 3 nitrogen and oxygen atoms in total. The summed E-state index contributed by atoms with van der Waals surface area (Å²) in [6.07, 6.45) is 4.71. The second-order valence-corrected chi connectivity index (χ2v) is 6.19. The third-order valence-electron chi connectivity index (χ3n) is 4.33. The quantitative estimate of drug-likeness (QED) is 0.918. The van der Waals surface area contributed by atoms with Gasteiger partial charge in [0.15, 0.2) is 0 Å². The molecular formula is C19H25NO2. The van der Waals surface area contributed by atoms with Crippen molar-refractivity contribution < 1.29 is 9.84 Å². The predicted octanol–water partition coefficient (Wildman–Crippen LogP) is 3.46. The molecule has 0 aliphatic carbocycles. The lowest BCUT2D eigenvalue weighted by molar-refractivity contribution is 0.0694. The molecule has 1 fully saturated rings. The van der Waals surface area contributed by atoms with E-state index < -0.39 is 6.10 Å². The van der Waals surface area contributed by atoms with Gasteiger partial charge in [-0.2, -0.15) is 0 Å². The zero-order valence-corrected chi connectivity index (χ0v) is 13.1. The Labute approximate surface area is 132 Å². The first kappa shape index (κ1) is 15.3. The van der Waals surface area contributed by atoms with Crippen LogP contribution in [0, 0.1) is 0 Å². The molecule has 1 saturated heterocycles. The molecule has 1 aliphatic rings. The number of likely N-dealkylation sites (tertiary alicyclic amines) is 1. The summed E-state index contributed by atoms with van der Waals surface area (Å²) in [6, 6.07) is 14.3. The topological polar surface area (TPSA) is 32.7 Å².